The van der Waals surface area contributed by atoms with Crippen molar-refractivity contribution in [2.45, 2.75) is 19.0 Å². The first-order valence-electron chi connectivity index (χ1n) is 6.66. The smallest absolute Gasteiger partial charge is 0.148 e. The molecule has 0 spiro atoms. The van der Waals surface area contributed by atoms with Gasteiger partial charge in [0.05, 0.1) is 5.75 Å². The van der Waals surface area contributed by atoms with Crippen LogP contribution in [-0.2, 0) is 9.84 Å². The van der Waals surface area contributed by atoms with E-state index in [1.54, 1.807) is 0 Å². The zero-order valence-electron chi connectivity index (χ0n) is 11.5. The van der Waals surface area contributed by atoms with Gasteiger partial charge in [-0.1, -0.05) is 30.3 Å². The Bertz CT molecular complexity index is 501. The molecule has 4 nitrogen and oxygen atoms in total. The Morgan fingerprint density at radius 2 is 2.00 bits per heavy atom. The van der Waals surface area contributed by atoms with Gasteiger partial charge in [-0.2, -0.15) is 0 Å². The molecule has 0 amide bonds. The lowest BCUT2D eigenvalue weighted by Crippen LogP contribution is -2.52. The van der Waals surface area contributed by atoms with E-state index in [0.29, 0.717) is 12.6 Å². The highest BCUT2D eigenvalue weighted by atomic mass is 32.2. The molecule has 2 unspecified atom stereocenters. The minimum absolute atomic E-state index is 0.235. The molecule has 1 saturated heterocycles. The van der Waals surface area contributed by atoms with Crippen LogP contribution in [0, 0.1) is 0 Å². The van der Waals surface area contributed by atoms with Crippen LogP contribution >= 0.6 is 0 Å². The molecule has 1 aromatic carbocycles. The quantitative estimate of drug-likeness (QED) is 0.897. The molecule has 1 fully saturated rings. The van der Waals surface area contributed by atoms with Crippen LogP contribution in [0.25, 0.3) is 0 Å². The van der Waals surface area contributed by atoms with Gasteiger partial charge >= 0.3 is 0 Å². The number of rotatable bonds is 4. The summed E-state index contributed by atoms with van der Waals surface area (Å²) in [4.78, 5) is 2.26. The summed E-state index contributed by atoms with van der Waals surface area (Å²) in [6.45, 7) is 4.51. The molecule has 1 aliphatic rings. The number of sulfone groups is 1. The largest absolute Gasteiger partial charge is 0.307 e. The molecule has 19 heavy (non-hydrogen) atoms. The fourth-order valence-corrected chi connectivity index (χ4v) is 2.99. The number of hydrogen-bond acceptors (Lipinski definition) is 4. The zero-order chi connectivity index (χ0) is 13.9. The molecule has 2 atom stereocenters. The maximum absolute atomic E-state index is 11.3. The Morgan fingerprint density at radius 3 is 2.63 bits per heavy atom. The molecule has 5 heteroatoms. The van der Waals surface area contributed by atoms with Crippen molar-refractivity contribution in [1.82, 2.24) is 10.2 Å². The van der Waals surface area contributed by atoms with Crippen LogP contribution in [0.1, 0.15) is 18.5 Å². The maximum Gasteiger partial charge on any atom is 0.148 e. The van der Waals surface area contributed by atoms with Gasteiger partial charge < -0.3 is 5.32 Å². The van der Waals surface area contributed by atoms with Crippen molar-refractivity contribution < 1.29 is 8.42 Å². The van der Waals surface area contributed by atoms with Crippen molar-refractivity contribution in [3.63, 3.8) is 0 Å². The summed E-state index contributed by atoms with van der Waals surface area (Å²) in [7, 11) is -2.89. The summed E-state index contributed by atoms with van der Waals surface area (Å²) in [5, 5.41) is 3.52. The lowest BCUT2D eigenvalue weighted by Gasteiger charge is -2.38. The number of benzene rings is 1. The Labute approximate surface area is 115 Å². The summed E-state index contributed by atoms with van der Waals surface area (Å²) in [5.74, 6) is 0.235. The van der Waals surface area contributed by atoms with Gasteiger partial charge in [0.1, 0.15) is 9.84 Å². The van der Waals surface area contributed by atoms with Crippen LogP contribution in [0.5, 0.6) is 0 Å². The van der Waals surface area contributed by atoms with Gasteiger partial charge in [0, 0.05) is 38.0 Å². The van der Waals surface area contributed by atoms with Gasteiger partial charge in [0.2, 0.25) is 0 Å². The fraction of sp³-hybridized carbons (Fsp3) is 0.571. The van der Waals surface area contributed by atoms with Gasteiger partial charge in [-0.3, -0.25) is 4.90 Å². The standard InChI is InChI=1S/C14H22N2O2S/c1-12-10-15-14(13-6-4-3-5-7-13)11-16(12)8-9-19(2,17)18/h3-7,12,14-15H,8-11H2,1-2H3. The highest BCUT2D eigenvalue weighted by molar-refractivity contribution is 7.90. The van der Waals surface area contributed by atoms with Crippen LogP contribution in [0.15, 0.2) is 30.3 Å². The number of nitrogens with one attached hydrogen (secondary N) is 1. The zero-order valence-corrected chi connectivity index (χ0v) is 12.4. The predicted molar refractivity (Wildman–Crippen MR) is 77.9 cm³/mol. The molecule has 1 heterocycles. The van der Waals surface area contributed by atoms with Crippen LogP contribution < -0.4 is 5.32 Å². The average Bonchev–Trinajstić information content (AvgIpc) is 2.38. The molecule has 0 aromatic heterocycles. The molecule has 1 N–H and O–H groups in total. The first-order chi connectivity index (χ1) is 8.96. The molecular formula is C14H22N2O2S. The van der Waals surface area contributed by atoms with E-state index in [9.17, 15) is 8.42 Å². The topological polar surface area (TPSA) is 49.4 Å². The maximum atomic E-state index is 11.3. The Morgan fingerprint density at radius 1 is 1.32 bits per heavy atom. The molecule has 1 aliphatic heterocycles. The average molecular weight is 282 g/mol. The first-order valence-corrected chi connectivity index (χ1v) is 8.72. The molecular weight excluding hydrogens is 260 g/mol. The molecule has 0 radical (unpaired) electrons. The summed E-state index contributed by atoms with van der Waals surface area (Å²) in [6, 6.07) is 11.0. The van der Waals surface area contributed by atoms with Crippen molar-refractivity contribution in [2.75, 3.05) is 31.6 Å². The van der Waals surface area contributed by atoms with Crippen molar-refractivity contribution in [3.8, 4) is 0 Å². The van der Waals surface area contributed by atoms with Gasteiger partial charge in [-0.15, -0.1) is 0 Å². The van der Waals surface area contributed by atoms with E-state index in [2.05, 4.69) is 29.3 Å². The van der Waals surface area contributed by atoms with Crippen LogP contribution in [-0.4, -0.2) is 51.0 Å². The van der Waals surface area contributed by atoms with E-state index in [-0.39, 0.29) is 11.8 Å². The lowest BCUT2D eigenvalue weighted by atomic mass is 10.0. The van der Waals surface area contributed by atoms with E-state index >= 15 is 0 Å². The first kappa shape index (κ1) is 14.5. The van der Waals surface area contributed by atoms with E-state index in [1.165, 1.54) is 11.8 Å². The fourth-order valence-electron chi connectivity index (χ4n) is 2.42. The van der Waals surface area contributed by atoms with Crippen LogP contribution in [0.2, 0.25) is 0 Å². The lowest BCUT2D eigenvalue weighted by molar-refractivity contribution is 0.149. The molecule has 106 valence electrons. The second-order valence-electron chi connectivity index (χ2n) is 5.35. The molecule has 0 aliphatic carbocycles. The minimum Gasteiger partial charge on any atom is -0.307 e. The number of piperazine rings is 1. The predicted octanol–water partition coefficient (Wildman–Crippen LogP) is 1.07. The van der Waals surface area contributed by atoms with Crippen LogP contribution in [0.4, 0.5) is 0 Å². The van der Waals surface area contributed by atoms with Crippen molar-refractivity contribution in [2.24, 2.45) is 0 Å². The van der Waals surface area contributed by atoms with E-state index in [1.807, 2.05) is 18.2 Å². The van der Waals surface area contributed by atoms with Crippen molar-refractivity contribution >= 4 is 9.84 Å². The van der Waals surface area contributed by atoms with E-state index in [4.69, 9.17) is 0 Å². The number of hydrogen-bond donors (Lipinski definition) is 1. The summed E-state index contributed by atoms with van der Waals surface area (Å²) < 4.78 is 22.6. The second-order valence-corrected chi connectivity index (χ2v) is 7.61. The third-order valence-electron chi connectivity index (χ3n) is 3.65. The molecule has 0 bridgehead atoms. The highest BCUT2D eigenvalue weighted by Crippen LogP contribution is 2.19. The second kappa shape index (κ2) is 6.03. The summed E-state index contributed by atoms with van der Waals surface area (Å²) in [6.07, 6.45) is 1.30. The van der Waals surface area contributed by atoms with Gasteiger partial charge in [0.25, 0.3) is 0 Å². The van der Waals surface area contributed by atoms with Gasteiger partial charge in [0.15, 0.2) is 0 Å². The normalized spacial score (nSPS) is 25.4. The monoisotopic (exact) mass is 282 g/mol. The Balaban J connectivity index is 2.00. The summed E-state index contributed by atoms with van der Waals surface area (Å²) >= 11 is 0. The highest BCUT2D eigenvalue weighted by Gasteiger charge is 2.26. The molecule has 0 saturated carbocycles. The van der Waals surface area contributed by atoms with Crippen molar-refractivity contribution in [3.05, 3.63) is 35.9 Å². The number of nitrogens with zero attached hydrogens (tertiary/aromatic N) is 1. The van der Waals surface area contributed by atoms with Gasteiger partial charge in [-0.05, 0) is 12.5 Å². The SMILES string of the molecule is CC1CNC(c2ccccc2)CN1CCS(C)(=O)=O. The third kappa shape index (κ3) is 4.30. The molecule has 1 aromatic rings. The minimum atomic E-state index is -2.89. The molecule has 2 rings (SSSR count). The summed E-state index contributed by atoms with van der Waals surface area (Å²) in [5.41, 5.74) is 1.26. The third-order valence-corrected chi connectivity index (χ3v) is 4.58. The van der Waals surface area contributed by atoms with Gasteiger partial charge in [-0.25, -0.2) is 8.42 Å². The Hall–Kier alpha value is -0.910. The van der Waals surface area contributed by atoms with E-state index in [0.717, 1.165) is 13.1 Å². The van der Waals surface area contributed by atoms with Crippen LogP contribution in [0.3, 0.4) is 0 Å². The Kier molecular flexibility index (Phi) is 4.60. The van der Waals surface area contributed by atoms with E-state index < -0.39 is 9.84 Å². The van der Waals surface area contributed by atoms with Crippen molar-refractivity contribution in [1.29, 1.82) is 0 Å².